The lowest BCUT2D eigenvalue weighted by Gasteiger charge is -2.08. The summed E-state index contributed by atoms with van der Waals surface area (Å²) >= 11 is 0. The highest BCUT2D eigenvalue weighted by Crippen LogP contribution is 2.23. The number of ether oxygens (including phenoxy) is 1. The maximum absolute atomic E-state index is 9.65. The Balaban J connectivity index is 2.07. The molecule has 0 spiro atoms. The lowest BCUT2D eigenvalue weighted by Crippen LogP contribution is -1.99. The van der Waals surface area contributed by atoms with Gasteiger partial charge in [0.2, 0.25) is 6.54 Å². The van der Waals surface area contributed by atoms with Crippen molar-refractivity contribution >= 4 is 0 Å². The molecule has 0 aliphatic rings. The highest BCUT2D eigenvalue weighted by Gasteiger charge is 2.09. The smallest absolute Gasteiger partial charge is 0.244 e. The van der Waals surface area contributed by atoms with Crippen LogP contribution in [-0.4, -0.2) is 11.7 Å². The van der Waals surface area contributed by atoms with E-state index in [0.717, 1.165) is 11.3 Å². The summed E-state index contributed by atoms with van der Waals surface area (Å²) in [5.74, 6) is 1.48. The second kappa shape index (κ2) is 5.85. The topological polar surface area (TPSA) is 33.8 Å². The van der Waals surface area contributed by atoms with E-state index in [2.05, 4.69) is 4.85 Å². The van der Waals surface area contributed by atoms with Gasteiger partial charge in [-0.1, -0.05) is 30.3 Å². The van der Waals surface area contributed by atoms with Crippen LogP contribution in [0.5, 0.6) is 11.5 Å². The Morgan fingerprint density at radius 1 is 1.00 bits per heavy atom. The quantitative estimate of drug-likeness (QED) is 0.829. The van der Waals surface area contributed by atoms with Crippen LogP contribution in [-0.2, 0) is 0 Å². The van der Waals surface area contributed by atoms with E-state index in [9.17, 15) is 5.11 Å². The predicted octanol–water partition coefficient (Wildman–Crippen LogP) is 3.43. The molecular weight excluding hydrogens is 226 g/mol. The minimum atomic E-state index is -0.728. The van der Waals surface area contributed by atoms with Crippen molar-refractivity contribution in [1.29, 1.82) is 0 Å². The lowest BCUT2D eigenvalue weighted by atomic mass is 10.1. The van der Waals surface area contributed by atoms with Gasteiger partial charge in [0.15, 0.2) is 6.10 Å². The Bertz CT molecular complexity index is 529. The van der Waals surface area contributed by atoms with E-state index in [1.807, 2.05) is 30.3 Å². The van der Waals surface area contributed by atoms with Gasteiger partial charge >= 0.3 is 0 Å². The van der Waals surface area contributed by atoms with Crippen molar-refractivity contribution in [3.05, 3.63) is 71.6 Å². The monoisotopic (exact) mass is 239 g/mol. The second-order valence-corrected chi connectivity index (χ2v) is 3.84. The number of hydrogen-bond acceptors (Lipinski definition) is 2. The Morgan fingerprint density at radius 2 is 1.61 bits per heavy atom. The maximum atomic E-state index is 9.65. The molecule has 0 radical (unpaired) electrons. The van der Waals surface area contributed by atoms with Crippen LogP contribution in [0.4, 0.5) is 0 Å². The number of rotatable bonds is 4. The van der Waals surface area contributed by atoms with E-state index in [-0.39, 0.29) is 6.54 Å². The van der Waals surface area contributed by atoms with Gasteiger partial charge in [-0.3, -0.25) is 0 Å². The average molecular weight is 239 g/mol. The van der Waals surface area contributed by atoms with Crippen LogP contribution in [0.3, 0.4) is 0 Å². The van der Waals surface area contributed by atoms with Gasteiger partial charge in [-0.05, 0) is 29.8 Å². The predicted molar refractivity (Wildman–Crippen MR) is 69.4 cm³/mol. The van der Waals surface area contributed by atoms with E-state index in [4.69, 9.17) is 11.3 Å². The average Bonchev–Trinajstić information content (AvgIpc) is 2.41. The molecule has 0 bridgehead atoms. The van der Waals surface area contributed by atoms with E-state index in [1.54, 1.807) is 24.3 Å². The first-order valence-corrected chi connectivity index (χ1v) is 5.64. The molecular formula is C15H13NO2. The molecule has 1 atom stereocenters. The van der Waals surface area contributed by atoms with Crippen LogP contribution in [0.15, 0.2) is 54.6 Å². The van der Waals surface area contributed by atoms with Gasteiger partial charge in [0.25, 0.3) is 0 Å². The van der Waals surface area contributed by atoms with Crippen molar-refractivity contribution < 1.29 is 9.84 Å². The summed E-state index contributed by atoms with van der Waals surface area (Å²) in [5, 5.41) is 9.65. The van der Waals surface area contributed by atoms with Crippen molar-refractivity contribution in [2.24, 2.45) is 0 Å². The van der Waals surface area contributed by atoms with Gasteiger partial charge in [0, 0.05) is 0 Å². The standard InChI is InChI=1S/C15H13NO2/c1-16-11-15(17)12-7-9-14(10-8-12)18-13-5-3-2-4-6-13/h2-10,15,17H,11H2. The molecule has 1 unspecified atom stereocenters. The fraction of sp³-hybridized carbons (Fsp3) is 0.133. The molecule has 0 fully saturated rings. The molecule has 2 rings (SSSR count). The zero-order valence-electron chi connectivity index (χ0n) is 9.78. The highest BCUT2D eigenvalue weighted by atomic mass is 16.5. The van der Waals surface area contributed by atoms with Crippen LogP contribution in [0.25, 0.3) is 4.85 Å². The van der Waals surface area contributed by atoms with Crippen LogP contribution in [0.1, 0.15) is 11.7 Å². The molecule has 1 N–H and O–H groups in total. The second-order valence-electron chi connectivity index (χ2n) is 3.84. The van der Waals surface area contributed by atoms with Crippen molar-refractivity contribution in [2.75, 3.05) is 6.54 Å². The molecule has 18 heavy (non-hydrogen) atoms. The van der Waals surface area contributed by atoms with Gasteiger partial charge < -0.3 is 14.7 Å². The molecule has 2 aromatic carbocycles. The van der Waals surface area contributed by atoms with E-state index in [1.165, 1.54) is 0 Å². The van der Waals surface area contributed by atoms with Crippen LogP contribution < -0.4 is 4.74 Å². The first kappa shape index (κ1) is 12.2. The highest BCUT2D eigenvalue weighted by molar-refractivity contribution is 5.33. The van der Waals surface area contributed by atoms with Crippen LogP contribution in [0.2, 0.25) is 0 Å². The third-order valence-electron chi connectivity index (χ3n) is 2.51. The van der Waals surface area contributed by atoms with Gasteiger partial charge in [-0.2, -0.15) is 0 Å². The molecule has 90 valence electrons. The minimum Gasteiger partial charge on any atom is -0.457 e. The largest absolute Gasteiger partial charge is 0.457 e. The first-order valence-electron chi connectivity index (χ1n) is 5.64. The normalized spacial score (nSPS) is 11.6. The summed E-state index contributed by atoms with van der Waals surface area (Å²) < 4.78 is 5.63. The maximum Gasteiger partial charge on any atom is 0.244 e. The molecule has 0 aliphatic heterocycles. The third kappa shape index (κ3) is 3.09. The minimum absolute atomic E-state index is 0.0822. The van der Waals surface area contributed by atoms with E-state index >= 15 is 0 Å². The molecule has 0 saturated carbocycles. The summed E-state index contributed by atoms with van der Waals surface area (Å²) in [4.78, 5) is 3.17. The Kier molecular flexibility index (Phi) is 3.95. The Hall–Kier alpha value is -2.31. The molecule has 0 amide bonds. The molecule has 0 heterocycles. The number of para-hydroxylation sites is 1. The zero-order chi connectivity index (χ0) is 12.8. The lowest BCUT2D eigenvalue weighted by molar-refractivity contribution is 0.195. The van der Waals surface area contributed by atoms with Gasteiger partial charge in [-0.15, -0.1) is 0 Å². The Labute approximate surface area is 106 Å². The summed E-state index contributed by atoms with van der Waals surface area (Å²) in [7, 11) is 0. The van der Waals surface area contributed by atoms with Gasteiger partial charge in [0.1, 0.15) is 11.5 Å². The fourth-order valence-electron chi connectivity index (χ4n) is 1.57. The van der Waals surface area contributed by atoms with Gasteiger partial charge in [0.05, 0.1) is 0 Å². The van der Waals surface area contributed by atoms with Crippen molar-refractivity contribution in [3.63, 3.8) is 0 Å². The van der Waals surface area contributed by atoms with E-state index in [0.29, 0.717) is 5.75 Å². The number of hydrogen-bond donors (Lipinski definition) is 1. The SMILES string of the molecule is [C-]#[N+]CC(O)c1ccc(Oc2ccccc2)cc1. The van der Waals surface area contributed by atoms with E-state index < -0.39 is 6.10 Å². The summed E-state index contributed by atoms with van der Waals surface area (Å²) in [6.45, 7) is 6.80. The van der Waals surface area contributed by atoms with Crippen molar-refractivity contribution in [3.8, 4) is 11.5 Å². The number of benzene rings is 2. The van der Waals surface area contributed by atoms with Gasteiger partial charge in [-0.25, -0.2) is 6.57 Å². The molecule has 0 aromatic heterocycles. The van der Waals surface area contributed by atoms with Crippen molar-refractivity contribution in [1.82, 2.24) is 0 Å². The Morgan fingerprint density at radius 3 is 2.22 bits per heavy atom. The number of aliphatic hydroxyl groups excluding tert-OH is 1. The van der Waals surface area contributed by atoms with Crippen molar-refractivity contribution in [2.45, 2.75) is 6.10 Å². The number of aliphatic hydroxyl groups is 1. The first-order chi connectivity index (χ1) is 8.79. The van der Waals surface area contributed by atoms with Crippen LogP contribution in [0, 0.1) is 6.57 Å². The summed E-state index contributed by atoms with van der Waals surface area (Å²) in [5.41, 5.74) is 0.728. The summed E-state index contributed by atoms with van der Waals surface area (Å²) in [6.07, 6.45) is -0.728. The van der Waals surface area contributed by atoms with Crippen LogP contribution >= 0.6 is 0 Å². The molecule has 0 saturated heterocycles. The third-order valence-corrected chi connectivity index (χ3v) is 2.51. The molecule has 2 aromatic rings. The summed E-state index contributed by atoms with van der Waals surface area (Å²) in [6, 6.07) is 16.6. The fourth-order valence-corrected chi connectivity index (χ4v) is 1.57. The zero-order valence-corrected chi connectivity index (χ0v) is 9.78. The number of nitrogens with zero attached hydrogens (tertiary/aromatic N) is 1. The molecule has 3 nitrogen and oxygen atoms in total. The molecule has 3 heteroatoms. The molecule has 0 aliphatic carbocycles.